The molecule has 1 N–H and O–H groups in total. The normalized spacial score (nSPS) is 11.5. The van der Waals surface area contributed by atoms with E-state index in [0.717, 1.165) is 17.6 Å². The zero-order valence-corrected chi connectivity index (χ0v) is 21.7. The summed E-state index contributed by atoms with van der Waals surface area (Å²) in [4.78, 5) is 16.2. The van der Waals surface area contributed by atoms with Crippen LogP contribution in [0.5, 0.6) is 17.2 Å². The van der Waals surface area contributed by atoms with Crippen molar-refractivity contribution in [2.45, 2.75) is 19.0 Å². The molecular formula is C24H24N4O6S2. The third-order valence-electron chi connectivity index (χ3n) is 4.91. The zero-order valence-electron chi connectivity index (χ0n) is 20.1. The molecule has 0 radical (unpaired) electrons. The molecule has 1 aromatic heterocycles. The van der Waals surface area contributed by atoms with E-state index in [0.29, 0.717) is 35.2 Å². The molecule has 12 heteroatoms. The van der Waals surface area contributed by atoms with Gasteiger partial charge in [0.15, 0.2) is 11.5 Å². The lowest BCUT2D eigenvalue weighted by molar-refractivity contribution is -0.112. The first-order chi connectivity index (χ1) is 17.1. The van der Waals surface area contributed by atoms with Crippen LogP contribution in [0.3, 0.4) is 0 Å². The monoisotopic (exact) mass is 528 g/mol. The summed E-state index contributed by atoms with van der Waals surface area (Å²) < 4.78 is 43.6. The Morgan fingerprint density at radius 1 is 1.11 bits per heavy atom. The maximum Gasteiger partial charge on any atom is 0.268 e. The SMILES string of the molecule is COc1cc(/C=C(/C#N)C(=O)Nc2nc(S(C)(=O)=O)ns2)ccc1OCCOc1ccc(C)c(C)c1. The molecule has 3 aromatic rings. The Balaban J connectivity index is 1.64. The van der Waals surface area contributed by atoms with Gasteiger partial charge in [-0.1, -0.05) is 12.1 Å². The molecule has 0 bridgehead atoms. The van der Waals surface area contributed by atoms with E-state index in [9.17, 15) is 18.5 Å². The van der Waals surface area contributed by atoms with Gasteiger partial charge in [0, 0.05) is 17.8 Å². The minimum Gasteiger partial charge on any atom is -0.493 e. The summed E-state index contributed by atoms with van der Waals surface area (Å²) in [5.74, 6) is 0.895. The number of methoxy groups -OCH3 is 1. The molecule has 3 rings (SSSR count). The largest absolute Gasteiger partial charge is 0.493 e. The maximum absolute atomic E-state index is 12.5. The molecule has 0 aliphatic rings. The number of carbonyl (C=O) groups excluding carboxylic acids is 1. The van der Waals surface area contributed by atoms with E-state index in [1.54, 1.807) is 18.2 Å². The van der Waals surface area contributed by atoms with E-state index in [4.69, 9.17) is 14.2 Å². The number of nitrogens with one attached hydrogen (secondary N) is 1. The number of nitriles is 1. The van der Waals surface area contributed by atoms with Crippen LogP contribution in [0.1, 0.15) is 16.7 Å². The summed E-state index contributed by atoms with van der Waals surface area (Å²) in [5, 5.41) is 11.4. The van der Waals surface area contributed by atoms with Crippen molar-refractivity contribution < 1.29 is 27.4 Å². The average molecular weight is 529 g/mol. The van der Waals surface area contributed by atoms with Crippen LogP contribution in [0.4, 0.5) is 5.13 Å². The Hall–Kier alpha value is -3.95. The molecule has 1 amide bonds. The minimum atomic E-state index is -3.61. The van der Waals surface area contributed by atoms with Crippen LogP contribution in [-0.2, 0) is 14.6 Å². The molecule has 36 heavy (non-hydrogen) atoms. The molecule has 0 fully saturated rings. The van der Waals surface area contributed by atoms with E-state index < -0.39 is 20.9 Å². The quantitative estimate of drug-likeness (QED) is 0.237. The number of rotatable bonds is 10. The Bertz CT molecular complexity index is 1440. The van der Waals surface area contributed by atoms with E-state index in [-0.39, 0.29) is 17.3 Å². The highest BCUT2D eigenvalue weighted by molar-refractivity contribution is 7.90. The lowest BCUT2D eigenvalue weighted by Crippen LogP contribution is -2.13. The third kappa shape index (κ3) is 7.03. The summed E-state index contributed by atoms with van der Waals surface area (Å²) >= 11 is 0.700. The summed E-state index contributed by atoms with van der Waals surface area (Å²) in [6.45, 7) is 4.67. The van der Waals surface area contributed by atoms with E-state index in [2.05, 4.69) is 14.7 Å². The summed E-state index contributed by atoms with van der Waals surface area (Å²) in [7, 11) is -2.13. The Kier molecular flexibility index (Phi) is 8.63. The Labute approximate surface area is 213 Å². The van der Waals surface area contributed by atoms with Crippen LogP contribution in [0.25, 0.3) is 6.08 Å². The summed E-state index contributed by atoms with van der Waals surface area (Å²) in [5.41, 5.74) is 2.64. The van der Waals surface area contributed by atoms with Crippen molar-refractivity contribution in [3.63, 3.8) is 0 Å². The number of anilines is 1. The molecule has 0 unspecified atom stereocenters. The van der Waals surface area contributed by atoms with E-state index >= 15 is 0 Å². The van der Waals surface area contributed by atoms with Gasteiger partial charge in [-0.25, -0.2) is 8.42 Å². The molecular weight excluding hydrogens is 504 g/mol. The van der Waals surface area contributed by atoms with Crippen molar-refractivity contribution in [3.8, 4) is 23.3 Å². The van der Waals surface area contributed by atoms with Gasteiger partial charge in [-0.2, -0.15) is 14.6 Å². The first-order valence-corrected chi connectivity index (χ1v) is 13.2. The standard InChI is InChI=1S/C24H24N4O6S2/c1-15-5-7-19(11-16(15)2)33-9-10-34-20-8-6-17(13-21(20)32-3)12-18(14-25)22(29)26-23-27-24(28-35-23)36(4,30)31/h5-8,11-13H,9-10H2,1-4H3,(H,26,27,28,29)/b18-12-. The fraction of sp³-hybridized carbons (Fsp3) is 0.250. The number of hydrogen-bond donors (Lipinski definition) is 1. The van der Waals surface area contributed by atoms with E-state index in [1.807, 2.05) is 38.1 Å². The van der Waals surface area contributed by atoms with Gasteiger partial charge in [-0.05, 0) is 60.9 Å². The molecule has 0 atom stereocenters. The molecule has 0 saturated heterocycles. The predicted molar refractivity (Wildman–Crippen MR) is 135 cm³/mol. The van der Waals surface area contributed by atoms with Crippen LogP contribution in [0, 0.1) is 25.2 Å². The topological polar surface area (TPSA) is 140 Å². The lowest BCUT2D eigenvalue weighted by Gasteiger charge is -2.13. The summed E-state index contributed by atoms with van der Waals surface area (Å²) in [6.07, 6.45) is 2.32. The maximum atomic E-state index is 12.5. The first-order valence-electron chi connectivity index (χ1n) is 10.6. The van der Waals surface area contributed by atoms with Crippen molar-refractivity contribution in [2.24, 2.45) is 0 Å². The molecule has 2 aromatic carbocycles. The highest BCUT2D eigenvalue weighted by Crippen LogP contribution is 2.29. The number of sulfone groups is 1. The fourth-order valence-corrected chi connectivity index (χ4v) is 4.34. The number of carbonyl (C=O) groups is 1. The number of ether oxygens (including phenoxy) is 3. The van der Waals surface area contributed by atoms with Gasteiger partial charge in [0.05, 0.1) is 7.11 Å². The van der Waals surface area contributed by atoms with Gasteiger partial charge in [0.1, 0.15) is 30.6 Å². The van der Waals surface area contributed by atoms with Gasteiger partial charge in [-0.3, -0.25) is 10.1 Å². The van der Waals surface area contributed by atoms with Crippen molar-refractivity contribution in [1.82, 2.24) is 9.36 Å². The second-order valence-corrected chi connectivity index (χ2v) is 10.3. The summed E-state index contributed by atoms with van der Waals surface area (Å²) in [6, 6.07) is 12.6. The third-order valence-corrected chi connectivity index (χ3v) is 6.50. The van der Waals surface area contributed by atoms with Crippen LogP contribution in [-0.4, -0.2) is 50.3 Å². The number of hydrogen-bond acceptors (Lipinski definition) is 10. The van der Waals surface area contributed by atoms with Crippen LogP contribution < -0.4 is 19.5 Å². The molecule has 10 nitrogen and oxygen atoms in total. The molecule has 0 aliphatic carbocycles. The lowest BCUT2D eigenvalue weighted by atomic mass is 10.1. The number of amides is 1. The number of benzene rings is 2. The van der Waals surface area contributed by atoms with Gasteiger partial charge < -0.3 is 14.2 Å². The van der Waals surface area contributed by atoms with Crippen molar-refractivity contribution in [3.05, 3.63) is 58.7 Å². The number of aromatic nitrogens is 2. The zero-order chi connectivity index (χ0) is 26.3. The number of nitrogens with zero attached hydrogens (tertiary/aromatic N) is 3. The Morgan fingerprint density at radius 3 is 2.50 bits per heavy atom. The smallest absolute Gasteiger partial charge is 0.268 e. The molecule has 1 heterocycles. The van der Waals surface area contributed by atoms with Crippen LogP contribution in [0.15, 0.2) is 47.1 Å². The Morgan fingerprint density at radius 2 is 1.86 bits per heavy atom. The van der Waals surface area contributed by atoms with Crippen molar-refractivity contribution in [1.29, 1.82) is 5.26 Å². The van der Waals surface area contributed by atoms with Gasteiger partial charge in [0.2, 0.25) is 15.0 Å². The van der Waals surface area contributed by atoms with Crippen LogP contribution >= 0.6 is 11.5 Å². The van der Waals surface area contributed by atoms with Crippen LogP contribution in [0.2, 0.25) is 0 Å². The highest BCUT2D eigenvalue weighted by Gasteiger charge is 2.17. The van der Waals surface area contributed by atoms with Gasteiger partial charge >= 0.3 is 0 Å². The second kappa shape index (κ2) is 11.7. The molecule has 188 valence electrons. The van der Waals surface area contributed by atoms with E-state index in [1.165, 1.54) is 18.7 Å². The van der Waals surface area contributed by atoms with Crippen molar-refractivity contribution >= 4 is 38.5 Å². The predicted octanol–water partition coefficient (Wildman–Crippen LogP) is 3.57. The molecule has 0 aliphatic heterocycles. The number of aryl methyl sites for hydroxylation is 2. The van der Waals surface area contributed by atoms with Gasteiger partial charge in [-0.15, -0.1) is 0 Å². The minimum absolute atomic E-state index is 0.0362. The highest BCUT2D eigenvalue weighted by atomic mass is 32.2. The van der Waals surface area contributed by atoms with Gasteiger partial charge in [0.25, 0.3) is 11.1 Å². The second-order valence-electron chi connectivity index (χ2n) is 7.63. The van der Waals surface area contributed by atoms with Crippen molar-refractivity contribution in [2.75, 3.05) is 31.9 Å². The molecule has 0 saturated carbocycles. The fourth-order valence-electron chi connectivity index (χ4n) is 2.90. The average Bonchev–Trinajstić information content (AvgIpc) is 3.32. The molecule has 0 spiro atoms. The first kappa shape index (κ1) is 26.7.